The Labute approximate surface area is 107 Å². The number of aliphatic hydroxyl groups excluding tert-OH is 1. The molecule has 2 N–H and O–H groups in total. The summed E-state index contributed by atoms with van der Waals surface area (Å²) in [6.45, 7) is 3.78. The third-order valence-corrected chi connectivity index (χ3v) is 4.08. The first kappa shape index (κ1) is 15.0. The Morgan fingerprint density at radius 3 is 2.41 bits per heavy atom. The molecule has 2 nitrogen and oxygen atoms in total. The van der Waals surface area contributed by atoms with Gasteiger partial charge in [0, 0.05) is 12.6 Å². The summed E-state index contributed by atoms with van der Waals surface area (Å²) in [6.07, 6.45) is 13.4. The quantitative estimate of drug-likeness (QED) is 0.574. The summed E-state index contributed by atoms with van der Waals surface area (Å²) in [5.41, 5.74) is 0. The van der Waals surface area contributed by atoms with Crippen molar-refractivity contribution < 1.29 is 5.11 Å². The third kappa shape index (κ3) is 6.42. The molecule has 0 saturated heterocycles. The van der Waals surface area contributed by atoms with E-state index in [9.17, 15) is 5.11 Å². The molecule has 0 radical (unpaired) electrons. The molecule has 1 fully saturated rings. The topological polar surface area (TPSA) is 32.3 Å². The molecule has 1 aliphatic rings. The first-order valence-electron chi connectivity index (χ1n) is 7.72. The minimum atomic E-state index is 0.370. The van der Waals surface area contributed by atoms with Gasteiger partial charge in [0.2, 0.25) is 0 Å². The van der Waals surface area contributed by atoms with E-state index >= 15 is 0 Å². The van der Waals surface area contributed by atoms with Gasteiger partial charge in [0.05, 0.1) is 0 Å². The molecule has 102 valence electrons. The Morgan fingerprint density at radius 2 is 1.71 bits per heavy atom. The maximum atomic E-state index is 9.22. The summed E-state index contributed by atoms with van der Waals surface area (Å²) in [4.78, 5) is 0. The monoisotopic (exact) mass is 241 g/mol. The highest BCUT2D eigenvalue weighted by molar-refractivity contribution is 4.82. The summed E-state index contributed by atoms with van der Waals surface area (Å²) in [6, 6.07) is 0.597. The average Bonchev–Trinajstić information content (AvgIpc) is 2.80. The second kappa shape index (κ2) is 9.90. The highest BCUT2D eigenvalue weighted by atomic mass is 16.3. The van der Waals surface area contributed by atoms with Gasteiger partial charge in [-0.05, 0) is 31.7 Å². The van der Waals surface area contributed by atoms with Crippen LogP contribution in [0.4, 0.5) is 0 Å². The van der Waals surface area contributed by atoms with E-state index in [1.807, 2.05) is 0 Å². The van der Waals surface area contributed by atoms with Gasteiger partial charge in [0.1, 0.15) is 0 Å². The van der Waals surface area contributed by atoms with Gasteiger partial charge < -0.3 is 10.4 Å². The highest BCUT2D eigenvalue weighted by Crippen LogP contribution is 2.24. The lowest BCUT2D eigenvalue weighted by atomic mass is 10.0. The van der Waals surface area contributed by atoms with Crippen LogP contribution in [-0.2, 0) is 0 Å². The van der Waals surface area contributed by atoms with Crippen LogP contribution >= 0.6 is 0 Å². The lowest BCUT2D eigenvalue weighted by Crippen LogP contribution is -2.34. The van der Waals surface area contributed by atoms with Gasteiger partial charge in [-0.3, -0.25) is 0 Å². The third-order valence-electron chi connectivity index (χ3n) is 4.08. The Morgan fingerprint density at radius 1 is 1.00 bits per heavy atom. The molecule has 0 spiro atoms. The Kier molecular flexibility index (Phi) is 8.72. The van der Waals surface area contributed by atoms with Gasteiger partial charge in [0.25, 0.3) is 0 Å². The van der Waals surface area contributed by atoms with Crippen LogP contribution in [-0.4, -0.2) is 24.3 Å². The van der Waals surface area contributed by atoms with E-state index in [1.165, 1.54) is 64.2 Å². The van der Waals surface area contributed by atoms with Gasteiger partial charge in [-0.1, -0.05) is 51.9 Å². The SMILES string of the molecule is CCCCCCCCCNC1CCCC1CO. The van der Waals surface area contributed by atoms with Crippen LogP contribution in [0.5, 0.6) is 0 Å². The molecule has 0 heterocycles. The fourth-order valence-corrected chi connectivity index (χ4v) is 2.89. The predicted octanol–water partition coefficient (Wildman–Crippen LogP) is 3.49. The van der Waals surface area contributed by atoms with Crippen LogP contribution in [0.2, 0.25) is 0 Å². The van der Waals surface area contributed by atoms with Crippen molar-refractivity contribution >= 4 is 0 Å². The van der Waals surface area contributed by atoms with Crippen molar-refractivity contribution in [3.05, 3.63) is 0 Å². The molecule has 0 aliphatic heterocycles. The molecule has 0 amide bonds. The zero-order valence-corrected chi connectivity index (χ0v) is 11.6. The maximum Gasteiger partial charge on any atom is 0.0474 e. The van der Waals surface area contributed by atoms with Gasteiger partial charge in [-0.25, -0.2) is 0 Å². The van der Waals surface area contributed by atoms with E-state index in [0.29, 0.717) is 18.6 Å². The lowest BCUT2D eigenvalue weighted by Gasteiger charge is -2.18. The Hall–Kier alpha value is -0.0800. The van der Waals surface area contributed by atoms with Crippen molar-refractivity contribution in [3.8, 4) is 0 Å². The summed E-state index contributed by atoms with van der Waals surface area (Å²) in [5, 5.41) is 12.8. The molecule has 1 saturated carbocycles. The first-order valence-corrected chi connectivity index (χ1v) is 7.72. The van der Waals surface area contributed by atoms with Crippen LogP contribution < -0.4 is 5.32 Å². The van der Waals surface area contributed by atoms with E-state index in [-0.39, 0.29) is 0 Å². The fourth-order valence-electron chi connectivity index (χ4n) is 2.89. The number of aliphatic hydroxyl groups is 1. The van der Waals surface area contributed by atoms with E-state index < -0.39 is 0 Å². The fraction of sp³-hybridized carbons (Fsp3) is 1.00. The van der Waals surface area contributed by atoms with Crippen LogP contribution in [0.1, 0.15) is 71.1 Å². The largest absolute Gasteiger partial charge is 0.396 e. The van der Waals surface area contributed by atoms with Gasteiger partial charge >= 0.3 is 0 Å². The van der Waals surface area contributed by atoms with E-state index in [0.717, 1.165) is 6.54 Å². The van der Waals surface area contributed by atoms with Crippen molar-refractivity contribution in [2.24, 2.45) is 5.92 Å². The molecule has 0 bridgehead atoms. The van der Waals surface area contributed by atoms with Crippen molar-refractivity contribution in [1.82, 2.24) is 5.32 Å². The van der Waals surface area contributed by atoms with Gasteiger partial charge in [-0.2, -0.15) is 0 Å². The Bertz CT molecular complexity index is 172. The lowest BCUT2D eigenvalue weighted by molar-refractivity contribution is 0.205. The van der Waals surface area contributed by atoms with E-state index in [4.69, 9.17) is 0 Å². The highest BCUT2D eigenvalue weighted by Gasteiger charge is 2.25. The zero-order chi connectivity index (χ0) is 12.3. The zero-order valence-electron chi connectivity index (χ0n) is 11.6. The normalized spacial score (nSPS) is 24.4. The summed E-state index contributed by atoms with van der Waals surface area (Å²) in [7, 11) is 0. The smallest absolute Gasteiger partial charge is 0.0474 e. The molecule has 2 unspecified atom stereocenters. The Balaban J connectivity index is 1.87. The molecular formula is C15H31NO. The van der Waals surface area contributed by atoms with E-state index in [1.54, 1.807) is 0 Å². The average molecular weight is 241 g/mol. The first-order chi connectivity index (χ1) is 8.38. The number of unbranched alkanes of at least 4 members (excludes halogenated alkanes) is 6. The second-order valence-electron chi connectivity index (χ2n) is 5.56. The van der Waals surface area contributed by atoms with Crippen LogP contribution in [0.3, 0.4) is 0 Å². The number of hydrogen-bond donors (Lipinski definition) is 2. The summed E-state index contributed by atoms with van der Waals surface area (Å²) in [5.74, 6) is 0.527. The van der Waals surface area contributed by atoms with Crippen molar-refractivity contribution in [2.45, 2.75) is 77.2 Å². The van der Waals surface area contributed by atoms with Crippen molar-refractivity contribution in [2.75, 3.05) is 13.2 Å². The van der Waals surface area contributed by atoms with Gasteiger partial charge in [-0.15, -0.1) is 0 Å². The number of rotatable bonds is 10. The molecule has 0 aromatic carbocycles. The molecule has 17 heavy (non-hydrogen) atoms. The summed E-state index contributed by atoms with van der Waals surface area (Å²) >= 11 is 0. The molecule has 1 rings (SSSR count). The minimum Gasteiger partial charge on any atom is -0.396 e. The standard InChI is InChI=1S/C15H31NO/c1-2-3-4-5-6-7-8-12-16-15-11-9-10-14(15)13-17/h14-17H,2-13H2,1H3. The van der Waals surface area contributed by atoms with Crippen LogP contribution in [0, 0.1) is 5.92 Å². The predicted molar refractivity (Wildman–Crippen MR) is 74.2 cm³/mol. The molecular weight excluding hydrogens is 210 g/mol. The van der Waals surface area contributed by atoms with Crippen LogP contribution in [0.15, 0.2) is 0 Å². The summed E-state index contributed by atoms with van der Waals surface area (Å²) < 4.78 is 0. The molecule has 2 heteroatoms. The van der Waals surface area contributed by atoms with Crippen LogP contribution in [0.25, 0.3) is 0 Å². The molecule has 2 atom stereocenters. The number of hydrogen-bond acceptors (Lipinski definition) is 2. The molecule has 0 aromatic heterocycles. The van der Waals surface area contributed by atoms with Crippen molar-refractivity contribution in [1.29, 1.82) is 0 Å². The molecule has 0 aromatic rings. The minimum absolute atomic E-state index is 0.370. The van der Waals surface area contributed by atoms with E-state index in [2.05, 4.69) is 12.2 Å². The van der Waals surface area contributed by atoms with Crippen molar-refractivity contribution in [3.63, 3.8) is 0 Å². The number of nitrogens with one attached hydrogen (secondary N) is 1. The molecule has 1 aliphatic carbocycles. The second-order valence-corrected chi connectivity index (χ2v) is 5.56. The van der Waals surface area contributed by atoms with Gasteiger partial charge in [0.15, 0.2) is 0 Å². The maximum absolute atomic E-state index is 9.22.